The lowest BCUT2D eigenvalue weighted by Gasteiger charge is -2.13. The maximum absolute atomic E-state index is 11.4. The summed E-state index contributed by atoms with van der Waals surface area (Å²) in [5, 5.41) is 3.03. The van der Waals surface area contributed by atoms with Gasteiger partial charge in [-0.1, -0.05) is 6.07 Å². The summed E-state index contributed by atoms with van der Waals surface area (Å²) in [5.74, 6) is 0.318. The van der Waals surface area contributed by atoms with Gasteiger partial charge < -0.3 is 10.3 Å². The predicted octanol–water partition coefficient (Wildman–Crippen LogP) is 1.34. The van der Waals surface area contributed by atoms with Crippen molar-refractivity contribution in [1.29, 1.82) is 0 Å². The molecule has 16 heavy (non-hydrogen) atoms. The quantitative estimate of drug-likeness (QED) is 0.812. The highest BCUT2D eigenvalue weighted by Gasteiger charge is 2.07. The standard InChI is InChI=1S/C11H12N4O/c1-8(9-3-2-4-12-7-9)15-10-11(16)14-6-5-13-10/h2-8H,1H3,(H,13,15)(H,14,16). The Balaban J connectivity index is 2.17. The molecule has 2 N–H and O–H groups in total. The first-order chi connectivity index (χ1) is 7.77. The fourth-order valence-electron chi connectivity index (χ4n) is 1.38. The van der Waals surface area contributed by atoms with E-state index in [0.717, 1.165) is 5.56 Å². The second-order valence-electron chi connectivity index (χ2n) is 3.42. The summed E-state index contributed by atoms with van der Waals surface area (Å²) >= 11 is 0. The molecular formula is C11H12N4O. The van der Waals surface area contributed by atoms with Crippen LogP contribution in [0.4, 0.5) is 5.82 Å². The minimum absolute atomic E-state index is 0.00954. The Morgan fingerprint density at radius 2 is 2.31 bits per heavy atom. The third-order valence-corrected chi connectivity index (χ3v) is 2.25. The Labute approximate surface area is 92.6 Å². The predicted molar refractivity (Wildman–Crippen MR) is 61.1 cm³/mol. The van der Waals surface area contributed by atoms with Gasteiger partial charge in [-0.05, 0) is 18.6 Å². The Bertz CT molecular complexity index is 509. The number of nitrogens with one attached hydrogen (secondary N) is 2. The molecule has 82 valence electrons. The zero-order valence-electron chi connectivity index (χ0n) is 8.84. The van der Waals surface area contributed by atoms with Crippen LogP contribution in [-0.2, 0) is 0 Å². The summed E-state index contributed by atoms with van der Waals surface area (Å²) < 4.78 is 0. The summed E-state index contributed by atoms with van der Waals surface area (Å²) in [6.45, 7) is 1.95. The molecule has 0 radical (unpaired) electrons. The molecule has 0 saturated carbocycles. The molecule has 0 aliphatic heterocycles. The summed E-state index contributed by atoms with van der Waals surface area (Å²) in [5.41, 5.74) is 0.783. The van der Waals surface area contributed by atoms with Gasteiger partial charge in [-0.25, -0.2) is 4.98 Å². The smallest absolute Gasteiger partial charge is 0.290 e. The maximum Gasteiger partial charge on any atom is 0.290 e. The minimum Gasteiger partial charge on any atom is -0.359 e. The Hall–Kier alpha value is -2.17. The maximum atomic E-state index is 11.4. The normalized spacial score (nSPS) is 12.1. The number of nitrogens with zero attached hydrogens (tertiary/aromatic N) is 2. The van der Waals surface area contributed by atoms with E-state index >= 15 is 0 Å². The molecule has 5 heteroatoms. The fraction of sp³-hybridized carbons (Fsp3) is 0.182. The molecule has 0 aromatic carbocycles. The number of H-pyrrole nitrogens is 1. The summed E-state index contributed by atoms with van der Waals surface area (Å²) in [6, 6.07) is 3.79. The largest absolute Gasteiger partial charge is 0.359 e. The van der Waals surface area contributed by atoms with Gasteiger partial charge >= 0.3 is 0 Å². The van der Waals surface area contributed by atoms with E-state index in [1.165, 1.54) is 6.20 Å². The second-order valence-corrected chi connectivity index (χ2v) is 3.42. The molecule has 0 bridgehead atoms. The number of aromatic amines is 1. The van der Waals surface area contributed by atoms with Crippen LogP contribution in [0.5, 0.6) is 0 Å². The van der Waals surface area contributed by atoms with Crippen molar-refractivity contribution >= 4 is 5.82 Å². The first kappa shape index (κ1) is 10.4. The van der Waals surface area contributed by atoms with Crippen LogP contribution in [0.3, 0.4) is 0 Å². The first-order valence-corrected chi connectivity index (χ1v) is 4.97. The topological polar surface area (TPSA) is 70.7 Å². The molecule has 0 aliphatic carbocycles. The average molecular weight is 216 g/mol. The number of hydrogen-bond acceptors (Lipinski definition) is 4. The van der Waals surface area contributed by atoms with Crippen LogP contribution >= 0.6 is 0 Å². The Morgan fingerprint density at radius 1 is 1.44 bits per heavy atom. The van der Waals surface area contributed by atoms with E-state index in [-0.39, 0.29) is 11.6 Å². The van der Waals surface area contributed by atoms with Crippen molar-refractivity contribution < 1.29 is 0 Å². The number of aromatic nitrogens is 3. The highest BCUT2D eigenvalue weighted by Crippen LogP contribution is 2.13. The summed E-state index contributed by atoms with van der Waals surface area (Å²) in [7, 11) is 0. The molecule has 2 heterocycles. The van der Waals surface area contributed by atoms with Crippen molar-refractivity contribution in [2.75, 3.05) is 5.32 Å². The average Bonchev–Trinajstić information content (AvgIpc) is 2.33. The van der Waals surface area contributed by atoms with Crippen LogP contribution < -0.4 is 10.9 Å². The number of anilines is 1. The molecular weight excluding hydrogens is 204 g/mol. The molecule has 1 unspecified atom stereocenters. The zero-order chi connectivity index (χ0) is 11.4. The van der Waals surface area contributed by atoms with Gasteiger partial charge in [0.25, 0.3) is 5.56 Å². The minimum atomic E-state index is -0.224. The van der Waals surface area contributed by atoms with E-state index in [9.17, 15) is 4.79 Å². The van der Waals surface area contributed by atoms with Gasteiger partial charge in [-0.2, -0.15) is 0 Å². The number of pyridine rings is 1. The lowest BCUT2D eigenvalue weighted by Crippen LogP contribution is -2.17. The van der Waals surface area contributed by atoms with E-state index in [4.69, 9.17) is 0 Å². The van der Waals surface area contributed by atoms with E-state index in [2.05, 4.69) is 20.3 Å². The van der Waals surface area contributed by atoms with Gasteiger partial charge in [0.2, 0.25) is 0 Å². The highest BCUT2D eigenvalue weighted by atomic mass is 16.1. The van der Waals surface area contributed by atoms with Crippen LogP contribution in [0.15, 0.2) is 41.7 Å². The Morgan fingerprint density at radius 3 is 3.00 bits per heavy atom. The van der Waals surface area contributed by atoms with Crippen LogP contribution in [0, 0.1) is 0 Å². The number of rotatable bonds is 3. The van der Waals surface area contributed by atoms with Crippen molar-refractivity contribution in [1.82, 2.24) is 15.0 Å². The van der Waals surface area contributed by atoms with E-state index < -0.39 is 0 Å². The van der Waals surface area contributed by atoms with E-state index in [0.29, 0.717) is 5.82 Å². The molecule has 2 rings (SSSR count). The third-order valence-electron chi connectivity index (χ3n) is 2.25. The molecule has 1 atom stereocenters. The second kappa shape index (κ2) is 4.57. The van der Waals surface area contributed by atoms with Crippen molar-refractivity contribution in [3.8, 4) is 0 Å². The van der Waals surface area contributed by atoms with Crippen LogP contribution in [0.25, 0.3) is 0 Å². The molecule has 0 fully saturated rings. The monoisotopic (exact) mass is 216 g/mol. The van der Waals surface area contributed by atoms with Gasteiger partial charge in [0.1, 0.15) is 0 Å². The van der Waals surface area contributed by atoms with Crippen molar-refractivity contribution in [3.63, 3.8) is 0 Å². The van der Waals surface area contributed by atoms with Crippen molar-refractivity contribution in [2.24, 2.45) is 0 Å². The van der Waals surface area contributed by atoms with Gasteiger partial charge in [0, 0.05) is 24.8 Å². The van der Waals surface area contributed by atoms with Gasteiger partial charge in [0.15, 0.2) is 5.82 Å². The van der Waals surface area contributed by atoms with E-state index in [1.54, 1.807) is 18.6 Å². The molecule has 2 aromatic rings. The fourth-order valence-corrected chi connectivity index (χ4v) is 1.38. The van der Waals surface area contributed by atoms with Crippen LogP contribution in [-0.4, -0.2) is 15.0 Å². The first-order valence-electron chi connectivity index (χ1n) is 4.97. The molecule has 2 aromatic heterocycles. The van der Waals surface area contributed by atoms with E-state index in [1.807, 2.05) is 19.1 Å². The SMILES string of the molecule is CC(Nc1ncc[nH]c1=O)c1cccnc1. The summed E-state index contributed by atoms with van der Waals surface area (Å²) in [6.07, 6.45) is 6.51. The van der Waals surface area contributed by atoms with Crippen molar-refractivity contribution in [3.05, 3.63) is 52.8 Å². The van der Waals surface area contributed by atoms with Gasteiger partial charge in [-0.15, -0.1) is 0 Å². The lowest BCUT2D eigenvalue weighted by molar-refractivity contribution is 0.859. The molecule has 0 aliphatic rings. The highest BCUT2D eigenvalue weighted by molar-refractivity contribution is 5.34. The van der Waals surface area contributed by atoms with Crippen LogP contribution in [0.1, 0.15) is 18.5 Å². The van der Waals surface area contributed by atoms with Crippen LogP contribution in [0.2, 0.25) is 0 Å². The summed E-state index contributed by atoms with van der Waals surface area (Å²) in [4.78, 5) is 21.9. The Kier molecular flexibility index (Phi) is 2.95. The third kappa shape index (κ3) is 2.25. The zero-order valence-corrected chi connectivity index (χ0v) is 8.84. The molecule has 0 saturated heterocycles. The number of hydrogen-bond donors (Lipinski definition) is 2. The van der Waals surface area contributed by atoms with Gasteiger partial charge in [0.05, 0.1) is 6.04 Å². The molecule has 0 spiro atoms. The molecule has 0 amide bonds. The molecule has 5 nitrogen and oxygen atoms in total. The van der Waals surface area contributed by atoms with Crippen molar-refractivity contribution in [2.45, 2.75) is 13.0 Å². The lowest BCUT2D eigenvalue weighted by atomic mass is 10.1. The van der Waals surface area contributed by atoms with Gasteiger partial charge in [-0.3, -0.25) is 9.78 Å².